The molecule has 6 heteroatoms. The Labute approximate surface area is 154 Å². The second-order valence-electron chi connectivity index (χ2n) is 5.96. The number of carboxylic acid groups (broad SMARTS) is 1. The first kappa shape index (κ1) is 17.7. The maximum absolute atomic E-state index is 13.1. The highest BCUT2D eigenvalue weighted by Gasteiger charge is 2.25. The lowest BCUT2D eigenvalue weighted by Gasteiger charge is -2.08. The van der Waals surface area contributed by atoms with Gasteiger partial charge in [0.1, 0.15) is 10.9 Å². The Kier molecular flexibility index (Phi) is 4.97. The van der Waals surface area contributed by atoms with Crippen LogP contribution in [0.5, 0.6) is 0 Å². The number of hydrogen-bond donors (Lipinski definition) is 1. The summed E-state index contributed by atoms with van der Waals surface area (Å²) in [7, 11) is 0. The molecule has 0 saturated carbocycles. The molecule has 0 amide bonds. The molecular weight excluding hydrogens is 358 g/mol. The third kappa shape index (κ3) is 3.10. The fourth-order valence-corrected chi connectivity index (χ4v) is 4.35. The number of aromatic nitrogens is 1. The average molecular weight is 376 g/mol. The molecule has 0 spiro atoms. The van der Waals surface area contributed by atoms with E-state index in [0.717, 1.165) is 28.6 Å². The van der Waals surface area contributed by atoms with Gasteiger partial charge in [0.2, 0.25) is 0 Å². The molecule has 2 aromatic heterocycles. The maximum Gasteiger partial charge on any atom is 0.326 e. The van der Waals surface area contributed by atoms with Crippen molar-refractivity contribution in [2.24, 2.45) is 0 Å². The third-order valence-electron chi connectivity index (χ3n) is 4.28. The van der Waals surface area contributed by atoms with E-state index in [-0.39, 0.29) is 5.78 Å². The zero-order valence-electron chi connectivity index (χ0n) is 14.0. The summed E-state index contributed by atoms with van der Waals surface area (Å²) in [4.78, 5) is 25.4. The number of benzene rings is 1. The Balaban J connectivity index is 2.23. The van der Waals surface area contributed by atoms with Gasteiger partial charge in [-0.2, -0.15) is 0 Å². The minimum atomic E-state index is -0.931. The molecule has 1 atom stereocenters. The van der Waals surface area contributed by atoms with Crippen molar-refractivity contribution in [3.8, 4) is 0 Å². The van der Waals surface area contributed by atoms with Crippen LogP contribution in [0.3, 0.4) is 0 Å². The Hall–Kier alpha value is -2.11. The predicted molar refractivity (Wildman–Crippen MR) is 101 cm³/mol. The summed E-state index contributed by atoms with van der Waals surface area (Å²) < 4.78 is 1.67. The minimum absolute atomic E-state index is 0.178. The minimum Gasteiger partial charge on any atom is -0.480 e. The molecule has 130 valence electrons. The van der Waals surface area contributed by atoms with E-state index in [9.17, 15) is 14.7 Å². The molecule has 0 saturated heterocycles. The number of halogens is 1. The van der Waals surface area contributed by atoms with E-state index in [1.807, 2.05) is 5.38 Å². The van der Waals surface area contributed by atoms with Gasteiger partial charge in [0.05, 0.1) is 5.02 Å². The number of hydrogen-bond acceptors (Lipinski definition) is 3. The Morgan fingerprint density at radius 1 is 1.28 bits per heavy atom. The fourth-order valence-electron chi connectivity index (χ4n) is 2.95. The number of nitrogens with zero attached hydrogens (tertiary/aromatic N) is 1. The summed E-state index contributed by atoms with van der Waals surface area (Å²) >= 11 is 7.67. The Morgan fingerprint density at radius 3 is 2.64 bits per heavy atom. The molecule has 0 radical (unpaired) electrons. The van der Waals surface area contributed by atoms with Crippen molar-refractivity contribution in [3.05, 3.63) is 57.6 Å². The van der Waals surface area contributed by atoms with Crippen molar-refractivity contribution in [2.45, 2.75) is 32.7 Å². The highest BCUT2D eigenvalue weighted by Crippen LogP contribution is 2.35. The van der Waals surface area contributed by atoms with Crippen molar-refractivity contribution in [2.75, 3.05) is 0 Å². The summed E-state index contributed by atoms with van der Waals surface area (Å²) in [6.07, 6.45) is 3.45. The fraction of sp³-hybridized carbons (Fsp3) is 0.263. The van der Waals surface area contributed by atoms with Crippen LogP contribution < -0.4 is 0 Å². The van der Waals surface area contributed by atoms with Gasteiger partial charge in [-0.05, 0) is 36.4 Å². The van der Waals surface area contributed by atoms with Gasteiger partial charge in [-0.1, -0.05) is 37.1 Å². The van der Waals surface area contributed by atoms with Gasteiger partial charge < -0.3 is 9.67 Å². The van der Waals surface area contributed by atoms with E-state index in [0.29, 0.717) is 16.1 Å². The monoisotopic (exact) mass is 375 g/mol. The first-order valence-corrected chi connectivity index (χ1v) is 9.34. The Bertz CT molecular complexity index is 957. The van der Waals surface area contributed by atoms with Gasteiger partial charge in [0.15, 0.2) is 5.78 Å². The molecule has 1 N–H and O–H groups in total. The number of carbonyl (C=O) groups is 2. The van der Waals surface area contributed by atoms with Gasteiger partial charge in [0.25, 0.3) is 0 Å². The summed E-state index contributed by atoms with van der Waals surface area (Å²) in [5.41, 5.74) is 2.02. The lowest BCUT2D eigenvalue weighted by Crippen LogP contribution is -2.14. The zero-order chi connectivity index (χ0) is 18.1. The number of aliphatic carboxylic acids is 1. The highest BCUT2D eigenvalue weighted by molar-refractivity contribution is 7.17. The largest absolute Gasteiger partial charge is 0.480 e. The van der Waals surface area contributed by atoms with Gasteiger partial charge in [0, 0.05) is 22.7 Å². The molecular formula is C19H18ClNO3S. The number of rotatable bonds is 6. The Morgan fingerprint density at radius 2 is 2.00 bits per heavy atom. The number of fused-ring (bicyclic) bond motifs is 1. The van der Waals surface area contributed by atoms with Crippen LogP contribution in [0.15, 0.2) is 35.8 Å². The molecule has 0 bridgehead atoms. The lowest BCUT2D eigenvalue weighted by atomic mass is 10.0. The average Bonchev–Trinajstić information content (AvgIpc) is 3.15. The molecule has 25 heavy (non-hydrogen) atoms. The lowest BCUT2D eigenvalue weighted by molar-refractivity contribution is -0.140. The molecule has 0 aliphatic carbocycles. The van der Waals surface area contributed by atoms with Crippen LogP contribution >= 0.6 is 22.9 Å². The second-order valence-corrected chi connectivity index (χ2v) is 7.23. The van der Waals surface area contributed by atoms with Crippen LogP contribution in [-0.4, -0.2) is 21.4 Å². The molecule has 1 aromatic carbocycles. The summed E-state index contributed by atoms with van der Waals surface area (Å²) in [6.45, 7) is 3.70. The van der Waals surface area contributed by atoms with Crippen molar-refractivity contribution < 1.29 is 14.7 Å². The van der Waals surface area contributed by atoms with E-state index < -0.39 is 12.0 Å². The van der Waals surface area contributed by atoms with E-state index in [1.54, 1.807) is 42.0 Å². The van der Waals surface area contributed by atoms with Crippen molar-refractivity contribution in [1.82, 2.24) is 4.57 Å². The molecule has 2 heterocycles. The van der Waals surface area contributed by atoms with Gasteiger partial charge in [-0.25, -0.2) is 4.79 Å². The molecule has 0 aliphatic rings. The van der Waals surface area contributed by atoms with Crippen molar-refractivity contribution in [3.63, 3.8) is 0 Å². The van der Waals surface area contributed by atoms with Crippen LogP contribution in [0.1, 0.15) is 47.8 Å². The number of carbonyl (C=O) groups excluding carboxylic acids is 1. The van der Waals surface area contributed by atoms with E-state index in [2.05, 4.69) is 6.92 Å². The highest BCUT2D eigenvalue weighted by atomic mass is 35.5. The van der Waals surface area contributed by atoms with E-state index in [4.69, 9.17) is 11.6 Å². The summed E-state index contributed by atoms with van der Waals surface area (Å²) in [5, 5.41) is 12.7. The second kappa shape index (κ2) is 7.02. The zero-order valence-corrected chi connectivity index (χ0v) is 15.5. The summed E-state index contributed by atoms with van der Waals surface area (Å²) in [6, 6.07) is 6.18. The first-order chi connectivity index (χ1) is 12.0. The summed E-state index contributed by atoms with van der Waals surface area (Å²) in [5.74, 6) is -1.11. The number of ketones is 1. The van der Waals surface area contributed by atoms with Crippen LogP contribution in [0.25, 0.3) is 10.2 Å². The molecule has 4 nitrogen and oxygen atoms in total. The van der Waals surface area contributed by atoms with Gasteiger partial charge in [-0.15, -0.1) is 11.3 Å². The predicted octanol–water partition coefficient (Wildman–Crippen LogP) is 5.19. The molecule has 1 unspecified atom stereocenters. The van der Waals surface area contributed by atoms with Crippen LogP contribution in [0.4, 0.5) is 0 Å². The molecule has 3 rings (SSSR count). The quantitative estimate of drug-likeness (QED) is 0.603. The first-order valence-electron chi connectivity index (χ1n) is 8.08. The third-order valence-corrected chi connectivity index (χ3v) is 5.65. The number of thiophene rings is 1. The van der Waals surface area contributed by atoms with Gasteiger partial charge >= 0.3 is 5.97 Å². The molecule has 0 aliphatic heterocycles. The SMILES string of the molecule is CCCc1csc2c1c(C(=O)c1ccccc1Cl)cn2C(C)C(=O)O. The standard InChI is InChI=1S/C19H18ClNO3S/c1-3-6-12-10-25-18-16(12)14(9-21(18)11(2)19(23)24)17(22)13-7-4-5-8-15(13)20/h4-5,7-11H,3,6H2,1-2H3,(H,23,24). The number of carboxylic acids is 1. The van der Waals surface area contributed by atoms with E-state index in [1.165, 1.54) is 11.3 Å². The van der Waals surface area contributed by atoms with Crippen LogP contribution in [-0.2, 0) is 11.2 Å². The van der Waals surface area contributed by atoms with Crippen LogP contribution in [0.2, 0.25) is 5.02 Å². The molecule has 0 fully saturated rings. The topological polar surface area (TPSA) is 59.3 Å². The smallest absolute Gasteiger partial charge is 0.326 e. The number of aryl methyl sites for hydroxylation is 1. The van der Waals surface area contributed by atoms with Gasteiger partial charge in [-0.3, -0.25) is 4.79 Å². The maximum atomic E-state index is 13.1. The van der Waals surface area contributed by atoms with Crippen molar-refractivity contribution >= 4 is 44.9 Å². The molecule has 3 aromatic rings. The van der Waals surface area contributed by atoms with Crippen molar-refractivity contribution in [1.29, 1.82) is 0 Å². The normalized spacial score (nSPS) is 12.4. The van der Waals surface area contributed by atoms with Crippen LogP contribution in [0, 0.1) is 0 Å². The van der Waals surface area contributed by atoms with E-state index >= 15 is 0 Å².